The van der Waals surface area contributed by atoms with Crippen molar-refractivity contribution in [3.8, 4) is 6.08 Å². The number of hydrogen-bond donors (Lipinski definition) is 1. The average molecular weight is 280 g/mol. The second-order valence-corrected chi connectivity index (χ2v) is 6.37. The zero-order valence-corrected chi connectivity index (χ0v) is 13.2. The van der Waals surface area contributed by atoms with Crippen molar-refractivity contribution in [3.05, 3.63) is 12.0 Å². The maximum absolute atomic E-state index is 6.05. The third-order valence-corrected chi connectivity index (χ3v) is 4.30. The summed E-state index contributed by atoms with van der Waals surface area (Å²) in [6, 6.07) is 0. The zero-order chi connectivity index (χ0) is 14.5. The fourth-order valence-electron chi connectivity index (χ4n) is 3.06. The van der Waals surface area contributed by atoms with Crippen LogP contribution in [-0.2, 0) is 6.54 Å². The van der Waals surface area contributed by atoms with Gasteiger partial charge in [-0.3, -0.25) is 0 Å². The predicted octanol–water partition coefficient (Wildman–Crippen LogP) is 3.62. The zero-order valence-electron chi connectivity index (χ0n) is 13.2. The first kappa shape index (κ1) is 15.4. The van der Waals surface area contributed by atoms with E-state index in [2.05, 4.69) is 38.0 Å². The Morgan fingerprint density at radius 1 is 1.45 bits per heavy atom. The van der Waals surface area contributed by atoms with Crippen LogP contribution in [0.2, 0.25) is 0 Å². The first-order valence-corrected chi connectivity index (χ1v) is 7.92. The molecule has 0 bridgehead atoms. The molecule has 3 unspecified atom stereocenters. The van der Waals surface area contributed by atoms with Crippen molar-refractivity contribution in [1.82, 2.24) is 10.3 Å². The van der Waals surface area contributed by atoms with Gasteiger partial charge in [-0.25, -0.2) is 0 Å². The van der Waals surface area contributed by atoms with Gasteiger partial charge < -0.3 is 14.5 Å². The second-order valence-electron chi connectivity index (χ2n) is 6.37. The van der Waals surface area contributed by atoms with Crippen LogP contribution in [-0.4, -0.2) is 17.6 Å². The van der Waals surface area contributed by atoms with Crippen LogP contribution in [0.5, 0.6) is 6.08 Å². The lowest BCUT2D eigenvalue weighted by Crippen LogP contribution is -2.36. The fraction of sp³-hybridized carbons (Fsp3) is 0.812. The van der Waals surface area contributed by atoms with E-state index in [1.165, 1.54) is 12.8 Å². The van der Waals surface area contributed by atoms with Crippen molar-refractivity contribution in [2.24, 2.45) is 17.8 Å². The van der Waals surface area contributed by atoms with E-state index in [1.807, 2.05) is 0 Å². The van der Waals surface area contributed by atoms with Crippen LogP contribution >= 0.6 is 0 Å². The summed E-state index contributed by atoms with van der Waals surface area (Å²) in [5.41, 5.74) is 0.909. The van der Waals surface area contributed by atoms with Gasteiger partial charge in [0.15, 0.2) is 0 Å². The van der Waals surface area contributed by atoms with E-state index in [-0.39, 0.29) is 6.10 Å². The number of nitrogens with one attached hydrogen (secondary N) is 1. The molecule has 1 aromatic heterocycles. The Hall–Kier alpha value is -1.03. The Morgan fingerprint density at radius 2 is 2.25 bits per heavy atom. The van der Waals surface area contributed by atoms with Gasteiger partial charge in [-0.2, -0.15) is 4.98 Å². The summed E-state index contributed by atoms with van der Waals surface area (Å²) in [5, 5.41) is 3.24. The number of aromatic nitrogens is 1. The normalized spacial score (nSPS) is 26.9. The van der Waals surface area contributed by atoms with Gasteiger partial charge >= 0.3 is 6.08 Å². The van der Waals surface area contributed by atoms with Gasteiger partial charge in [0.1, 0.15) is 12.4 Å². The van der Waals surface area contributed by atoms with E-state index in [1.54, 1.807) is 6.26 Å². The Balaban J connectivity index is 1.97. The number of rotatable bonds is 6. The molecular weight excluding hydrogens is 252 g/mol. The highest BCUT2D eigenvalue weighted by atomic mass is 16.6. The molecule has 0 saturated heterocycles. The molecular formula is C16H28N2O2. The number of nitrogens with zero attached hydrogens (tertiary/aromatic N) is 1. The summed E-state index contributed by atoms with van der Waals surface area (Å²) in [6.07, 6.45) is 6.02. The minimum atomic E-state index is 0.240. The summed E-state index contributed by atoms with van der Waals surface area (Å²) in [5.74, 6) is 1.98. The van der Waals surface area contributed by atoms with Crippen LogP contribution in [0, 0.1) is 17.8 Å². The molecule has 0 spiro atoms. The standard InChI is InChI=1S/C16H28N2O2/c1-5-17-9-13-10-19-16(18-13)20-15-8-12(4)6-7-14(15)11(2)3/h10-12,14-15,17H,5-9H2,1-4H3. The minimum Gasteiger partial charge on any atom is -0.447 e. The van der Waals surface area contributed by atoms with Gasteiger partial charge in [-0.15, -0.1) is 0 Å². The van der Waals surface area contributed by atoms with Crippen LogP contribution in [0.4, 0.5) is 0 Å². The predicted molar refractivity (Wildman–Crippen MR) is 79.6 cm³/mol. The highest BCUT2D eigenvalue weighted by molar-refractivity contribution is 5.00. The topological polar surface area (TPSA) is 47.3 Å². The van der Waals surface area contributed by atoms with Crippen LogP contribution < -0.4 is 10.1 Å². The lowest BCUT2D eigenvalue weighted by Gasteiger charge is -2.36. The lowest BCUT2D eigenvalue weighted by atomic mass is 9.75. The molecule has 4 nitrogen and oxygen atoms in total. The Labute approximate surface area is 122 Å². The van der Waals surface area contributed by atoms with E-state index in [0.29, 0.717) is 17.9 Å². The van der Waals surface area contributed by atoms with Gasteiger partial charge in [0.05, 0.1) is 5.69 Å². The Morgan fingerprint density at radius 3 is 2.95 bits per heavy atom. The average Bonchev–Trinajstić information content (AvgIpc) is 2.83. The van der Waals surface area contributed by atoms with E-state index in [0.717, 1.165) is 31.1 Å². The summed E-state index contributed by atoms with van der Waals surface area (Å²) >= 11 is 0. The van der Waals surface area contributed by atoms with Gasteiger partial charge in [0, 0.05) is 6.54 Å². The summed E-state index contributed by atoms with van der Waals surface area (Å²) in [7, 11) is 0. The molecule has 1 aromatic rings. The highest BCUT2D eigenvalue weighted by Gasteiger charge is 2.33. The van der Waals surface area contributed by atoms with E-state index < -0.39 is 0 Å². The largest absolute Gasteiger partial charge is 0.447 e. The van der Waals surface area contributed by atoms with Crippen LogP contribution in [0.3, 0.4) is 0 Å². The van der Waals surface area contributed by atoms with Crippen molar-refractivity contribution < 1.29 is 9.15 Å². The number of oxazole rings is 1. The van der Waals surface area contributed by atoms with Gasteiger partial charge in [0.2, 0.25) is 0 Å². The van der Waals surface area contributed by atoms with Crippen molar-refractivity contribution in [1.29, 1.82) is 0 Å². The molecule has 1 saturated carbocycles. The van der Waals surface area contributed by atoms with Gasteiger partial charge in [0.25, 0.3) is 0 Å². The maximum Gasteiger partial charge on any atom is 0.394 e. The van der Waals surface area contributed by atoms with E-state index in [4.69, 9.17) is 9.15 Å². The molecule has 4 heteroatoms. The molecule has 1 N–H and O–H groups in total. The second kappa shape index (κ2) is 7.11. The minimum absolute atomic E-state index is 0.240. The number of hydrogen-bond acceptors (Lipinski definition) is 4. The van der Waals surface area contributed by atoms with Crippen molar-refractivity contribution in [2.45, 2.75) is 59.6 Å². The molecule has 0 amide bonds. The lowest BCUT2D eigenvalue weighted by molar-refractivity contribution is 0.0245. The van der Waals surface area contributed by atoms with Crippen LogP contribution in [0.25, 0.3) is 0 Å². The molecule has 2 rings (SSSR count). The van der Waals surface area contributed by atoms with E-state index >= 15 is 0 Å². The first-order valence-electron chi connectivity index (χ1n) is 7.92. The van der Waals surface area contributed by atoms with Gasteiger partial charge in [-0.1, -0.05) is 34.1 Å². The van der Waals surface area contributed by atoms with Crippen LogP contribution in [0.15, 0.2) is 10.7 Å². The Bertz CT molecular complexity index is 403. The molecule has 114 valence electrons. The SMILES string of the molecule is CCNCc1coc(OC2CC(C)CCC2C(C)C)n1. The van der Waals surface area contributed by atoms with E-state index in [9.17, 15) is 0 Å². The van der Waals surface area contributed by atoms with Crippen molar-refractivity contribution in [2.75, 3.05) is 6.54 Å². The maximum atomic E-state index is 6.05. The third kappa shape index (κ3) is 3.98. The molecule has 0 aliphatic heterocycles. The quantitative estimate of drug-likeness (QED) is 0.864. The summed E-state index contributed by atoms with van der Waals surface area (Å²) in [6.45, 7) is 10.6. The fourth-order valence-corrected chi connectivity index (χ4v) is 3.06. The third-order valence-electron chi connectivity index (χ3n) is 4.30. The molecule has 1 aliphatic carbocycles. The monoisotopic (exact) mass is 280 g/mol. The van der Waals surface area contributed by atoms with Crippen LogP contribution in [0.1, 0.15) is 52.7 Å². The highest BCUT2D eigenvalue weighted by Crippen LogP contribution is 2.35. The molecule has 1 fully saturated rings. The smallest absolute Gasteiger partial charge is 0.394 e. The molecule has 20 heavy (non-hydrogen) atoms. The van der Waals surface area contributed by atoms with Crippen molar-refractivity contribution >= 4 is 0 Å². The van der Waals surface area contributed by atoms with Crippen molar-refractivity contribution in [3.63, 3.8) is 0 Å². The summed E-state index contributed by atoms with van der Waals surface area (Å²) < 4.78 is 11.5. The molecule has 0 aromatic carbocycles. The molecule has 3 atom stereocenters. The molecule has 1 heterocycles. The first-order chi connectivity index (χ1) is 9.60. The summed E-state index contributed by atoms with van der Waals surface area (Å²) in [4.78, 5) is 4.41. The molecule has 0 radical (unpaired) electrons. The Kier molecular flexibility index (Phi) is 5.46. The van der Waals surface area contributed by atoms with Gasteiger partial charge in [-0.05, 0) is 37.1 Å². The number of ether oxygens (including phenoxy) is 1. The molecule has 1 aliphatic rings.